The number of aromatic nitrogens is 2. The normalized spacial score (nSPS) is 19.0. The zero-order valence-electron chi connectivity index (χ0n) is 14.1. The van der Waals surface area contributed by atoms with Crippen LogP contribution in [0.25, 0.3) is 0 Å². The lowest BCUT2D eigenvalue weighted by molar-refractivity contribution is 0.271. The van der Waals surface area contributed by atoms with Gasteiger partial charge in [0, 0.05) is 36.9 Å². The molecule has 138 valence electrons. The number of nitrogens with one attached hydrogen (secondary N) is 1. The fourth-order valence-corrected chi connectivity index (χ4v) is 4.60. The molecule has 1 saturated heterocycles. The first-order chi connectivity index (χ1) is 11.4. The van der Waals surface area contributed by atoms with Crippen LogP contribution in [0.15, 0.2) is 41.6 Å². The molecule has 1 aliphatic heterocycles. The Morgan fingerprint density at radius 2 is 2.12 bits per heavy atom. The Kier molecular flexibility index (Phi) is 6.51. The van der Waals surface area contributed by atoms with Crippen molar-refractivity contribution in [1.82, 2.24) is 19.4 Å². The van der Waals surface area contributed by atoms with Crippen LogP contribution < -0.4 is 5.32 Å². The van der Waals surface area contributed by atoms with Gasteiger partial charge in [0.05, 0.1) is 12.2 Å². The van der Waals surface area contributed by atoms with Crippen LogP contribution in [0.2, 0.25) is 5.02 Å². The number of sulfonamides is 1. The quantitative estimate of drug-likeness (QED) is 0.850. The number of rotatable bonds is 4. The standard InChI is InChI=1S/C16H21ClN4O2S.ClH/c1-12(2)20-11-15(9-19-20)24(22,23)21-7-6-18-10-16(21)13-4-3-5-14(17)8-13;/h3-5,8-9,11-12,16,18H,6-7,10H2,1-2H3;1H. The molecule has 0 saturated carbocycles. The van der Waals surface area contributed by atoms with Gasteiger partial charge in [0.2, 0.25) is 10.0 Å². The zero-order chi connectivity index (χ0) is 17.3. The van der Waals surface area contributed by atoms with Gasteiger partial charge in [-0.2, -0.15) is 9.40 Å². The maximum atomic E-state index is 13.1. The SMILES string of the molecule is CC(C)n1cc(S(=O)(=O)N2CCNCC2c2cccc(Cl)c2)cn1.Cl. The van der Waals surface area contributed by atoms with Crippen molar-refractivity contribution in [2.75, 3.05) is 19.6 Å². The van der Waals surface area contributed by atoms with E-state index in [9.17, 15) is 8.42 Å². The van der Waals surface area contributed by atoms with Crippen molar-refractivity contribution in [1.29, 1.82) is 0 Å². The molecule has 0 aliphatic carbocycles. The van der Waals surface area contributed by atoms with E-state index in [2.05, 4.69) is 10.4 Å². The average molecular weight is 405 g/mol. The van der Waals surface area contributed by atoms with E-state index >= 15 is 0 Å². The van der Waals surface area contributed by atoms with Gasteiger partial charge in [-0.05, 0) is 31.5 Å². The van der Waals surface area contributed by atoms with E-state index in [4.69, 9.17) is 11.6 Å². The highest BCUT2D eigenvalue weighted by Crippen LogP contribution is 2.30. The zero-order valence-corrected chi connectivity index (χ0v) is 16.5. The molecule has 1 aromatic carbocycles. The molecule has 0 amide bonds. The van der Waals surface area contributed by atoms with Crippen molar-refractivity contribution < 1.29 is 8.42 Å². The van der Waals surface area contributed by atoms with Gasteiger partial charge in [0.1, 0.15) is 4.90 Å². The van der Waals surface area contributed by atoms with Crippen LogP contribution in [0.1, 0.15) is 31.5 Å². The Hall–Kier alpha value is -1.12. The summed E-state index contributed by atoms with van der Waals surface area (Å²) < 4.78 is 29.4. The molecule has 1 aromatic heterocycles. The molecule has 1 atom stereocenters. The summed E-state index contributed by atoms with van der Waals surface area (Å²) in [5.41, 5.74) is 0.884. The third-order valence-electron chi connectivity index (χ3n) is 4.14. The van der Waals surface area contributed by atoms with E-state index < -0.39 is 10.0 Å². The predicted octanol–water partition coefficient (Wildman–Crippen LogP) is 2.87. The molecule has 25 heavy (non-hydrogen) atoms. The summed E-state index contributed by atoms with van der Waals surface area (Å²) in [4.78, 5) is 0.227. The smallest absolute Gasteiger partial charge is 0.246 e. The fraction of sp³-hybridized carbons (Fsp3) is 0.438. The Morgan fingerprint density at radius 1 is 1.36 bits per heavy atom. The van der Waals surface area contributed by atoms with Crippen LogP contribution in [0.3, 0.4) is 0 Å². The molecule has 3 rings (SSSR count). The summed E-state index contributed by atoms with van der Waals surface area (Å²) >= 11 is 6.08. The predicted molar refractivity (Wildman–Crippen MR) is 101 cm³/mol. The second-order valence-corrected chi connectivity index (χ2v) is 8.47. The molecule has 0 radical (unpaired) electrons. The minimum absolute atomic E-state index is 0. The number of benzene rings is 1. The molecule has 0 bridgehead atoms. The van der Waals surface area contributed by atoms with Crippen molar-refractivity contribution in [3.05, 3.63) is 47.2 Å². The van der Waals surface area contributed by atoms with Crippen molar-refractivity contribution >= 4 is 34.0 Å². The van der Waals surface area contributed by atoms with Crippen molar-refractivity contribution in [2.24, 2.45) is 0 Å². The first-order valence-electron chi connectivity index (χ1n) is 7.92. The summed E-state index contributed by atoms with van der Waals surface area (Å²) in [6.07, 6.45) is 3.02. The van der Waals surface area contributed by atoms with Crippen molar-refractivity contribution in [3.63, 3.8) is 0 Å². The average Bonchev–Trinajstić information content (AvgIpc) is 3.06. The highest BCUT2D eigenvalue weighted by Gasteiger charge is 2.35. The second-order valence-electron chi connectivity index (χ2n) is 6.14. The summed E-state index contributed by atoms with van der Waals surface area (Å²) in [6.45, 7) is 5.50. The largest absolute Gasteiger partial charge is 0.313 e. The van der Waals surface area contributed by atoms with E-state index in [1.807, 2.05) is 32.0 Å². The van der Waals surface area contributed by atoms with Gasteiger partial charge in [-0.25, -0.2) is 8.42 Å². The third kappa shape index (κ3) is 4.17. The second kappa shape index (κ2) is 8.05. The minimum atomic E-state index is -3.62. The van der Waals surface area contributed by atoms with Gasteiger partial charge in [-0.15, -0.1) is 12.4 Å². The molecule has 9 heteroatoms. The number of piperazine rings is 1. The molecule has 1 aliphatic rings. The lowest BCUT2D eigenvalue weighted by Crippen LogP contribution is -2.48. The summed E-state index contributed by atoms with van der Waals surface area (Å²) in [5.74, 6) is 0. The Bertz CT molecular complexity index is 823. The maximum absolute atomic E-state index is 13.1. The van der Waals surface area contributed by atoms with Gasteiger partial charge in [0.15, 0.2) is 0 Å². The number of hydrogen-bond acceptors (Lipinski definition) is 4. The Balaban J connectivity index is 0.00000225. The fourth-order valence-electron chi connectivity index (χ4n) is 2.84. The topological polar surface area (TPSA) is 67.2 Å². The molecule has 2 heterocycles. The van der Waals surface area contributed by atoms with E-state index in [-0.39, 0.29) is 29.4 Å². The van der Waals surface area contributed by atoms with Gasteiger partial charge in [-0.3, -0.25) is 4.68 Å². The van der Waals surface area contributed by atoms with Crippen molar-refractivity contribution in [3.8, 4) is 0 Å². The molecule has 6 nitrogen and oxygen atoms in total. The maximum Gasteiger partial charge on any atom is 0.246 e. The molecule has 1 unspecified atom stereocenters. The van der Waals surface area contributed by atoms with Gasteiger partial charge in [0.25, 0.3) is 0 Å². The number of hydrogen-bond donors (Lipinski definition) is 1. The summed E-state index contributed by atoms with van der Waals surface area (Å²) in [5, 5.41) is 8.02. The van der Waals surface area contributed by atoms with E-state index in [0.717, 1.165) is 5.56 Å². The molecular formula is C16H22Cl2N4O2S. The monoisotopic (exact) mass is 404 g/mol. The molecule has 1 fully saturated rings. The molecular weight excluding hydrogens is 383 g/mol. The van der Waals surface area contributed by atoms with Crippen LogP contribution in [-0.4, -0.2) is 42.1 Å². The highest BCUT2D eigenvalue weighted by molar-refractivity contribution is 7.89. The van der Waals surface area contributed by atoms with Crippen LogP contribution in [0.4, 0.5) is 0 Å². The van der Waals surface area contributed by atoms with Gasteiger partial charge >= 0.3 is 0 Å². The van der Waals surface area contributed by atoms with Crippen LogP contribution >= 0.6 is 24.0 Å². The molecule has 1 N–H and O–H groups in total. The van der Waals surface area contributed by atoms with E-state index in [1.54, 1.807) is 16.9 Å². The lowest BCUT2D eigenvalue weighted by Gasteiger charge is -2.35. The molecule has 0 spiro atoms. The highest BCUT2D eigenvalue weighted by atomic mass is 35.5. The minimum Gasteiger partial charge on any atom is -0.313 e. The number of halogens is 2. The number of nitrogens with zero attached hydrogens (tertiary/aromatic N) is 3. The van der Waals surface area contributed by atoms with Gasteiger partial charge < -0.3 is 5.32 Å². The Labute approximate surface area is 159 Å². The van der Waals surface area contributed by atoms with Crippen LogP contribution in [-0.2, 0) is 10.0 Å². The van der Waals surface area contributed by atoms with E-state index in [0.29, 0.717) is 24.7 Å². The van der Waals surface area contributed by atoms with Crippen LogP contribution in [0.5, 0.6) is 0 Å². The van der Waals surface area contributed by atoms with E-state index in [1.165, 1.54) is 10.5 Å². The van der Waals surface area contributed by atoms with Crippen molar-refractivity contribution in [2.45, 2.75) is 30.8 Å². The first-order valence-corrected chi connectivity index (χ1v) is 9.73. The first kappa shape index (κ1) is 20.2. The summed E-state index contributed by atoms with van der Waals surface area (Å²) in [7, 11) is -3.62. The summed E-state index contributed by atoms with van der Waals surface area (Å²) in [6, 6.07) is 7.18. The molecule has 2 aromatic rings. The Morgan fingerprint density at radius 3 is 2.76 bits per heavy atom. The lowest BCUT2D eigenvalue weighted by atomic mass is 10.1. The third-order valence-corrected chi connectivity index (χ3v) is 6.24. The van der Waals surface area contributed by atoms with Gasteiger partial charge in [-0.1, -0.05) is 23.7 Å². The van der Waals surface area contributed by atoms with Crippen LogP contribution in [0, 0.1) is 0 Å².